The molecule has 0 saturated carbocycles. The Bertz CT molecular complexity index is 1380. The Morgan fingerprint density at radius 3 is 2.39 bits per heavy atom. The monoisotopic (exact) mass is 423 g/mol. The Labute approximate surface area is 183 Å². The summed E-state index contributed by atoms with van der Waals surface area (Å²) in [5.74, 6) is 0.639. The summed E-state index contributed by atoms with van der Waals surface area (Å²) in [6, 6.07) is 23.6. The molecule has 7 nitrogen and oxygen atoms in total. The van der Waals surface area contributed by atoms with Crippen molar-refractivity contribution in [2.45, 2.75) is 0 Å². The van der Waals surface area contributed by atoms with Gasteiger partial charge in [0.1, 0.15) is 5.69 Å². The van der Waals surface area contributed by atoms with Crippen molar-refractivity contribution in [2.75, 3.05) is 0 Å². The summed E-state index contributed by atoms with van der Waals surface area (Å²) in [4.78, 5) is 4.23. The van der Waals surface area contributed by atoms with Crippen molar-refractivity contribution in [1.29, 1.82) is 0 Å². The molecule has 0 amide bonds. The molecule has 31 heavy (non-hydrogen) atoms. The zero-order valence-electron chi connectivity index (χ0n) is 16.3. The minimum absolute atomic E-state index is 0.411. The Kier molecular flexibility index (Phi) is 5.04. The van der Waals surface area contributed by atoms with Crippen LogP contribution in [0.15, 0.2) is 96.5 Å². The van der Waals surface area contributed by atoms with Gasteiger partial charge in [-0.05, 0) is 36.5 Å². The van der Waals surface area contributed by atoms with Gasteiger partial charge in [0.05, 0.1) is 11.9 Å². The number of benzene rings is 2. The van der Waals surface area contributed by atoms with Crippen LogP contribution in [0.5, 0.6) is 0 Å². The van der Waals surface area contributed by atoms with Crippen molar-refractivity contribution in [2.24, 2.45) is 5.10 Å². The molecule has 2 aromatic carbocycles. The first-order chi connectivity index (χ1) is 15.3. The molecule has 0 spiro atoms. The predicted molar refractivity (Wildman–Crippen MR) is 123 cm³/mol. The fourth-order valence-electron chi connectivity index (χ4n) is 3.21. The van der Waals surface area contributed by atoms with E-state index < -0.39 is 0 Å². The topological polar surface area (TPSA) is 76.7 Å². The first kappa shape index (κ1) is 18.8. The number of nitrogens with zero attached hydrogens (tertiary/aromatic N) is 6. The Balaban J connectivity index is 1.60. The van der Waals surface area contributed by atoms with Gasteiger partial charge in [-0.3, -0.25) is 4.98 Å². The highest BCUT2D eigenvalue weighted by molar-refractivity contribution is 7.71. The smallest absolute Gasteiger partial charge is 0.216 e. The van der Waals surface area contributed by atoms with Gasteiger partial charge in [-0.25, -0.2) is 9.78 Å². The third-order valence-electron chi connectivity index (χ3n) is 4.69. The van der Waals surface area contributed by atoms with E-state index in [9.17, 15) is 0 Å². The van der Waals surface area contributed by atoms with Crippen LogP contribution < -0.4 is 0 Å². The number of hydrogen-bond acceptors (Lipinski definition) is 5. The molecule has 0 atom stereocenters. The lowest BCUT2D eigenvalue weighted by atomic mass is 10.1. The van der Waals surface area contributed by atoms with Gasteiger partial charge < -0.3 is 0 Å². The quantitative estimate of drug-likeness (QED) is 0.327. The van der Waals surface area contributed by atoms with Crippen LogP contribution in [0.2, 0.25) is 0 Å². The van der Waals surface area contributed by atoms with Gasteiger partial charge in [-0.2, -0.15) is 20.0 Å². The summed E-state index contributed by atoms with van der Waals surface area (Å²) < 4.78 is 3.85. The number of hydrogen-bond donors (Lipinski definition) is 1. The third-order valence-corrected chi connectivity index (χ3v) is 4.96. The molecule has 0 radical (unpaired) electrons. The van der Waals surface area contributed by atoms with Crippen molar-refractivity contribution >= 4 is 18.4 Å². The lowest BCUT2D eigenvalue weighted by Crippen LogP contribution is -1.95. The molecule has 0 saturated heterocycles. The normalized spacial score (nSPS) is 11.2. The van der Waals surface area contributed by atoms with Crippen LogP contribution in [-0.4, -0.2) is 35.9 Å². The first-order valence-corrected chi connectivity index (χ1v) is 10.0. The van der Waals surface area contributed by atoms with E-state index >= 15 is 0 Å². The van der Waals surface area contributed by atoms with Gasteiger partial charge >= 0.3 is 0 Å². The zero-order chi connectivity index (χ0) is 21.0. The summed E-state index contributed by atoms with van der Waals surface area (Å²) >= 11 is 5.40. The maximum atomic E-state index is 5.40. The SMILES string of the molecule is S=c1[nH]nc(-c2ccccc2)n1/N=C/c1cn(-c2ccccc2)nc1-c1cccnc1. The van der Waals surface area contributed by atoms with E-state index in [4.69, 9.17) is 17.3 Å². The van der Waals surface area contributed by atoms with E-state index in [1.807, 2.05) is 83.7 Å². The summed E-state index contributed by atoms with van der Waals surface area (Å²) in [6.07, 6.45) is 7.20. The largest absolute Gasteiger partial charge is 0.264 e. The number of para-hydroxylation sites is 1. The van der Waals surface area contributed by atoms with Crippen LogP contribution >= 0.6 is 12.2 Å². The predicted octanol–water partition coefficient (Wildman–Crippen LogP) is 4.74. The van der Waals surface area contributed by atoms with Gasteiger partial charge in [0.2, 0.25) is 4.77 Å². The number of aromatic nitrogens is 6. The highest BCUT2D eigenvalue weighted by Crippen LogP contribution is 2.22. The molecule has 0 bridgehead atoms. The second-order valence-corrected chi connectivity index (χ2v) is 7.12. The van der Waals surface area contributed by atoms with Gasteiger partial charge in [-0.15, -0.1) is 0 Å². The molecule has 3 heterocycles. The second kappa shape index (κ2) is 8.29. The second-order valence-electron chi connectivity index (χ2n) is 6.73. The molecular formula is C23H17N7S. The zero-order valence-corrected chi connectivity index (χ0v) is 17.1. The third kappa shape index (κ3) is 3.84. The highest BCUT2D eigenvalue weighted by atomic mass is 32.1. The summed E-state index contributed by atoms with van der Waals surface area (Å²) in [5.41, 5.74) is 4.38. The van der Waals surface area contributed by atoms with Gasteiger partial charge in [0, 0.05) is 35.3 Å². The fourth-order valence-corrected chi connectivity index (χ4v) is 3.39. The van der Waals surface area contributed by atoms with Crippen LogP contribution in [-0.2, 0) is 0 Å². The van der Waals surface area contributed by atoms with Gasteiger partial charge in [-0.1, -0.05) is 48.5 Å². The Morgan fingerprint density at radius 1 is 0.903 bits per heavy atom. The number of nitrogens with one attached hydrogen (secondary N) is 1. The van der Waals surface area contributed by atoms with Crippen LogP contribution in [0.4, 0.5) is 0 Å². The Hall–Kier alpha value is -4.17. The van der Waals surface area contributed by atoms with E-state index in [2.05, 4.69) is 20.3 Å². The molecule has 0 aliphatic rings. The number of aromatic amines is 1. The van der Waals surface area contributed by atoms with Crippen molar-refractivity contribution in [3.05, 3.63) is 102 Å². The van der Waals surface area contributed by atoms with Crippen molar-refractivity contribution < 1.29 is 0 Å². The van der Waals surface area contributed by atoms with Crippen molar-refractivity contribution in [3.63, 3.8) is 0 Å². The van der Waals surface area contributed by atoms with Crippen molar-refractivity contribution in [3.8, 4) is 28.3 Å². The molecular weight excluding hydrogens is 406 g/mol. The average Bonchev–Trinajstić information content (AvgIpc) is 3.43. The van der Waals surface area contributed by atoms with Gasteiger partial charge in [0.25, 0.3) is 0 Å². The molecule has 5 aromatic rings. The highest BCUT2D eigenvalue weighted by Gasteiger charge is 2.12. The van der Waals surface area contributed by atoms with E-state index in [-0.39, 0.29) is 0 Å². The lowest BCUT2D eigenvalue weighted by Gasteiger charge is -2.01. The lowest BCUT2D eigenvalue weighted by molar-refractivity contribution is 0.871. The van der Waals surface area contributed by atoms with Gasteiger partial charge in [0.15, 0.2) is 5.82 Å². The van der Waals surface area contributed by atoms with E-state index in [0.29, 0.717) is 10.6 Å². The molecule has 0 aliphatic carbocycles. The Morgan fingerprint density at radius 2 is 1.65 bits per heavy atom. The molecule has 3 aromatic heterocycles. The maximum Gasteiger partial charge on any atom is 0.216 e. The summed E-state index contributed by atoms with van der Waals surface area (Å²) in [5, 5.41) is 16.6. The molecule has 5 rings (SSSR count). The molecule has 150 valence electrons. The van der Waals surface area contributed by atoms with Crippen LogP contribution in [0, 0.1) is 4.77 Å². The van der Waals surface area contributed by atoms with Crippen LogP contribution in [0.25, 0.3) is 28.3 Å². The number of rotatable bonds is 5. The minimum atomic E-state index is 0.411. The number of pyridine rings is 1. The standard InChI is InChI=1S/C23H17N7S/c31-23-27-26-22(17-8-3-1-4-9-17)30(23)25-15-19-16-29(20-11-5-2-6-12-20)28-21(19)18-10-7-13-24-14-18/h1-16H,(H,27,31)/b25-15+. The number of H-pyrrole nitrogens is 1. The van der Waals surface area contributed by atoms with E-state index in [1.165, 1.54) is 0 Å². The van der Waals surface area contributed by atoms with Crippen molar-refractivity contribution in [1.82, 2.24) is 29.6 Å². The van der Waals surface area contributed by atoms with E-state index in [1.54, 1.807) is 23.3 Å². The molecule has 8 heteroatoms. The fraction of sp³-hybridized carbons (Fsp3) is 0. The first-order valence-electron chi connectivity index (χ1n) is 9.62. The maximum absolute atomic E-state index is 5.40. The van der Waals surface area contributed by atoms with E-state index in [0.717, 1.165) is 28.1 Å². The summed E-state index contributed by atoms with van der Waals surface area (Å²) in [7, 11) is 0. The average molecular weight is 424 g/mol. The molecule has 1 N–H and O–H groups in total. The molecule has 0 aliphatic heterocycles. The van der Waals surface area contributed by atoms with Crippen LogP contribution in [0.3, 0.4) is 0 Å². The molecule has 0 unspecified atom stereocenters. The minimum Gasteiger partial charge on any atom is -0.264 e. The molecule has 0 fully saturated rings. The summed E-state index contributed by atoms with van der Waals surface area (Å²) in [6.45, 7) is 0. The van der Waals surface area contributed by atoms with Crippen LogP contribution in [0.1, 0.15) is 5.56 Å².